The molecule has 1 fully saturated rings. The Labute approximate surface area is 114 Å². The molecule has 1 saturated heterocycles. The number of hydrogen-bond acceptors (Lipinski definition) is 3. The van der Waals surface area contributed by atoms with Crippen molar-refractivity contribution in [1.82, 2.24) is 10.6 Å². The quantitative estimate of drug-likeness (QED) is 0.859. The van der Waals surface area contributed by atoms with Crippen LogP contribution in [-0.4, -0.2) is 30.8 Å². The lowest BCUT2D eigenvalue weighted by Crippen LogP contribution is -2.42. The fraction of sp³-hybridized carbons (Fsp3) is 0.533. The monoisotopic (exact) mass is 262 g/mol. The van der Waals surface area contributed by atoms with E-state index in [1.807, 2.05) is 39.0 Å². The van der Waals surface area contributed by atoms with Gasteiger partial charge < -0.3 is 15.4 Å². The summed E-state index contributed by atoms with van der Waals surface area (Å²) in [5.41, 5.74) is 0.784. The summed E-state index contributed by atoms with van der Waals surface area (Å²) in [6.45, 7) is 7.26. The van der Waals surface area contributed by atoms with Gasteiger partial charge in [0.1, 0.15) is 5.60 Å². The van der Waals surface area contributed by atoms with Crippen LogP contribution in [0.15, 0.2) is 30.3 Å². The molecule has 1 aromatic carbocycles. The number of alkyl carbamates (subject to hydrolysis) is 1. The minimum Gasteiger partial charge on any atom is -0.444 e. The van der Waals surface area contributed by atoms with Crippen molar-refractivity contribution in [2.75, 3.05) is 13.1 Å². The van der Waals surface area contributed by atoms with Crippen LogP contribution in [0.4, 0.5) is 4.79 Å². The Morgan fingerprint density at radius 2 is 1.95 bits per heavy atom. The highest BCUT2D eigenvalue weighted by molar-refractivity contribution is 5.68. The first-order valence-corrected chi connectivity index (χ1v) is 6.71. The van der Waals surface area contributed by atoms with E-state index in [4.69, 9.17) is 4.74 Å². The zero-order valence-electron chi connectivity index (χ0n) is 11.8. The van der Waals surface area contributed by atoms with Crippen molar-refractivity contribution in [3.8, 4) is 0 Å². The Kier molecular flexibility index (Phi) is 4.10. The molecule has 1 aromatic rings. The Hall–Kier alpha value is -1.55. The molecule has 0 spiro atoms. The molecule has 0 aromatic heterocycles. The normalized spacial score (nSPS) is 23.1. The van der Waals surface area contributed by atoms with Gasteiger partial charge in [0.05, 0.1) is 6.04 Å². The Morgan fingerprint density at radius 3 is 2.58 bits per heavy atom. The average Bonchev–Trinajstić information content (AvgIpc) is 2.75. The summed E-state index contributed by atoms with van der Waals surface area (Å²) < 4.78 is 5.31. The summed E-state index contributed by atoms with van der Waals surface area (Å²) in [6.07, 6.45) is -0.345. The van der Waals surface area contributed by atoms with E-state index < -0.39 is 5.60 Å². The molecule has 2 unspecified atom stereocenters. The third-order valence-corrected chi connectivity index (χ3v) is 3.14. The number of amides is 1. The van der Waals surface area contributed by atoms with E-state index in [0.717, 1.165) is 13.1 Å². The summed E-state index contributed by atoms with van der Waals surface area (Å²) in [4.78, 5) is 11.8. The van der Waals surface area contributed by atoms with E-state index in [1.165, 1.54) is 5.56 Å². The van der Waals surface area contributed by atoms with Crippen LogP contribution >= 0.6 is 0 Å². The lowest BCUT2D eigenvalue weighted by atomic mass is 9.94. The van der Waals surface area contributed by atoms with Crippen LogP contribution in [0.2, 0.25) is 0 Å². The van der Waals surface area contributed by atoms with Crippen molar-refractivity contribution in [2.45, 2.75) is 38.3 Å². The number of carbonyl (C=O) groups is 1. The minimum absolute atomic E-state index is 0.0808. The maximum Gasteiger partial charge on any atom is 0.407 e. The molecule has 2 atom stereocenters. The number of ether oxygens (including phenoxy) is 1. The van der Waals surface area contributed by atoms with E-state index in [2.05, 4.69) is 22.8 Å². The summed E-state index contributed by atoms with van der Waals surface area (Å²) in [5, 5.41) is 6.28. The average molecular weight is 262 g/mol. The van der Waals surface area contributed by atoms with Crippen molar-refractivity contribution in [3.63, 3.8) is 0 Å². The zero-order valence-corrected chi connectivity index (χ0v) is 11.8. The highest BCUT2D eigenvalue weighted by atomic mass is 16.6. The van der Waals surface area contributed by atoms with Gasteiger partial charge in [0.15, 0.2) is 0 Å². The molecule has 1 heterocycles. The van der Waals surface area contributed by atoms with E-state index in [1.54, 1.807) is 0 Å². The van der Waals surface area contributed by atoms with Gasteiger partial charge >= 0.3 is 6.09 Å². The number of carbonyl (C=O) groups excluding carboxylic acids is 1. The topological polar surface area (TPSA) is 50.4 Å². The SMILES string of the molecule is CC(C)(C)OC(=O)NC1CNCC1c1ccccc1. The van der Waals surface area contributed by atoms with Crippen LogP contribution in [0.5, 0.6) is 0 Å². The Morgan fingerprint density at radius 1 is 1.26 bits per heavy atom. The zero-order chi connectivity index (χ0) is 13.9. The Balaban J connectivity index is 1.98. The summed E-state index contributed by atoms with van der Waals surface area (Å²) in [6, 6.07) is 10.3. The Bertz CT molecular complexity index is 426. The van der Waals surface area contributed by atoms with Gasteiger partial charge in [-0.1, -0.05) is 30.3 Å². The summed E-state index contributed by atoms with van der Waals surface area (Å²) in [5.74, 6) is 0.300. The molecule has 2 N–H and O–H groups in total. The van der Waals surface area contributed by atoms with Crippen LogP contribution in [0, 0.1) is 0 Å². The first-order chi connectivity index (χ1) is 8.96. The van der Waals surface area contributed by atoms with Gasteiger partial charge in [-0.25, -0.2) is 4.79 Å². The lowest BCUT2D eigenvalue weighted by molar-refractivity contribution is 0.0504. The fourth-order valence-electron chi connectivity index (χ4n) is 2.34. The van der Waals surface area contributed by atoms with Crippen LogP contribution in [0.25, 0.3) is 0 Å². The van der Waals surface area contributed by atoms with Gasteiger partial charge in [-0.15, -0.1) is 0 Å². The maximum absolute atomic E-state index is 11.8. The predicted octanol–water partition coefficient (Wildman–Crippen LogP) is 2.27. The van der Waals surface area contributed by atoms with Gasteiger partial charge in [-0.05, 0) is 26.3 Å². The number of rotatable bonds is 2. The molecule has 2 rings (SSSR count). The molecule has 0 saturated carbocycles. The van der Waals surface area contributed by atoms with Crippen LogP contribution in [0.1, 0.15) is 32.3 Å². The fourth-order valence-corrected chi connectivity index (χ4v) is 2.34. The summed E-state index contributed by atoms with van der Waals surface area (Å²) in [7, 11) is 0. The highest BCUT2D eigenvalue weighted by Crippen LogP contribution is 2.22. The molecule has 19 heavy (non-hydrogen) atoms. The van der Waals surface area contributed by atoms with Crippen molar-refractivity contribution in [3.05, 3.63) is 35.9 Å². The molecule has 0 aliphatic carbocycles. The van der Waals surface area contributed by atoms with E-state index in [-0.39, 0.29) is 12.1 Å². The second-order valence-corrected chi connectivity index (χ2v) is 5.93. The van der Waals surface area contributed by atoms with Gasteiger partial charge in [-0.3, -0.25) is 0 Å². The summed E-state index contributed by atoms with van der Waals surface area (Å²) >= 11 is 0. The van der Waals surface area contributed by atoms with Gasteiger partial charge in [0.2, 0.25) is 0 Å². The molecule has 0 bridgehead atoms. The molecule has 0 radical (unpaired) electrons. The number of nitrogens with one attached hydrogen (secondary N) is 2. The van der Waals surface area contributed by atoms with Crippen LogP contribution in [0.3, 0.4) is 0 Å². The highest BCUT2D eigenvalue weighted by Gasteiger charge is 2.30. The molecule has 4 nitrogen and oxygen atoms in total. The van der Waals surface area contributed by atoms with Gasteiger partial charge in [0.25, 0.3) is 0 Å². The van der Waals surface area contributed by atoms with Crippen molar-refractivity contribution < 1.29 is 9.53 Å². The molecule has 1 aliphatic heterocycles. The third kappa shape index (κ3) is 3.96. The lowest BCUT2D eigenvalue weighted by Gasteiger charge is -2.24. The van der Waals surface area contributed by atoms with Crippen molar-refractivity contribution in [1.29, 1.82) is 0 Å². The van der Waals surface area contributed by atoms with Crippen LogP contribution in [-0.2, 0) is 4.74 Å². The largest absolute Gasteiger partial charge is 0.444 e. The number of benzene rings is 1. The van der Waals surface area contributed by atoms with Crippen molar-refractivity contribution in [2.24, 2.45) is 0 Å². The first kappa shape index (κ1) is 13.9. The van der Waals surface area contributed by atoms with E-state index >= 15 is 0 Å². The molecule has 1 aliphatic rings. The number of hydrogen-bond donors (Lipinski definition) is 2. The maximum atomic E-state index is 11.8. The molecule has 104 valence electrons. The second kappa shape index (κ2) is 5.61. The first-order valence-electron chi connectivity index (χ1n) is 6.71. The molecular formula is C15H22N2O2. The molecular weight excluding hydrogens is 240 g/mol. The van der Waals surface area contributed by atoms with E-state index in [0.29, 0.717) is 5.92 Å². The minimum atomic E-state index is -0.460. The molecule has 4 heteroatoms. The predicted molar refractivity (Wildman–Crippen MR) is 75.2 cm³/mol. The van der Waals surface area contributed by atoms with Gasteiger partial charge in [0, 0.05) is 19.0 Å². The van der Waals surface area contributed by atoms with E-state index in [9.17, 15) is 4.79 Å². The third-order valence-electron chi connectivity index (χ3n) is 3.14. The second-order valence-electron chi connectivity index (χ2n) is 5.93. The standard InChI is InChI=1S/C15H22N2O2/c1-15(2,3)19-14(18)17-13-10-16-9-12(13)11-7-5-4-6-8-11/h4-8,12-13,16H,9-10H2,1-3H3,(H,17,18). The molecule has 1 amide bonds. The van der Waals surface area contributed by atoms with Gasteiger partial charge in [-0.2, -0.15) is 0 Å². The smallest absolute Gasteiger partial charge is 0.407 e. The van der Waals surface area contributed by atoms with Crippen LogP contribution < -0.4 is 10.6 Å². The van der Waals surface area contributed by atoms with Crippen molar-refractivity contribution >= 4 is 6.09 Å².